The van der Waals surface area contributed by atoms with E-state index in [1.807, 2.05) is 24.4 Å². The van der Waals surface area contributed by atoms with Gasteiger partial charge in [0.1, 0.15) is 0 Å². The van der Waals surface area contributed by atoms with Crippen LogP contribution < -0.4 is 14.8 Å². The van der Waals surface area contributed by atoms with Crippen molar-refractivity contribution >= 4 is 22.3 Å². The van der Waals surface area contributed by atoms with Gasteiger partial charge in [0.2, 0.25) is 0 Å². The third-order valence-electron chi connectivity index (χ3n) is 6.79. The number of pyridine rings is 1. The Morgan fingerprint density at radius 1 is 0.892 bits per heavy atom. The minimum absolute atomic E-state index is 0.633. The van der Waals surface area contributed by atoms with E-state index in [1.54, 1.807) is 7.11 Å². The van der Waals surface area contributed by atoms with Crippen molar-refractivity contribution in [2.75, 3.05) is 51.9 Å². The number of methoxy groups -OCH3 is 1. The van der Waals surface area contributed by atoms with Crippen molar-refractivity contribution in [3.8, 4) is 11.5 Å². The second-order valence-electron chi connectivity index (χ2n) is 9.34. The first kappa shape index (κ1) is 25.1. The van der Waals surface area contributed by atoms with Crippen molar-refractivity contribution in [3.63, 3.8) is 0 Å². The zero-order valence-electron chi connectivity index (χ0n) is 21.5. The standard InChI is InChI=1S/C31H35N3O3/c1-35-30-22-27-28(33-26-12-10-25(11-13-26)9-8-24-6-3-2-4-7-24)14-15-32-29(27)23-31(30)37-19-5-16-34-17-20-36-21-18-34/h2-4,6-7,10-15,22-23H,5,8-9,16-21H2,1H3,(H,32,33). The highest BCUT2D eigenvalue weighted by Gasteiger charge is 2.13. The molecule has 0 saturated carbocycles. The van der Waals surface area contributed by atoms with Gasteiger partial charge in [-0.3, -0.25) is 9.88 Å². The van der Waals surface area contributed by atoms with E-state index >= 15 is 0 Å². The molecule has 1 saturated heterocycles. The molecule has 6 nitrogen and oxygen atoms in total. The van der Waals surface area contributed by atoms with Gasteiger partial charge in [0, 0.05) is 48.7 Å². The van der Waals surface area contributed by atoms with Gasteiger partial charge in [0.25, 0.3) is 0 Å². The molecule has 0 amide bonds. The van der Waals surface area contributed by atoms with E-state index in [2.05, 4.69) is 69.8 Å². The molecule has 1 N–H and O–H groups in total. The Bertz CT molecular complexity index is 1270. The molecule has 0 unspecified atom stereocenters. The molecule has 4 aromatic rings. The van der Waals surface area contributed by atoms with Crippen LogP contribution in [-0.4, -0.2) is 56.4 Å². The Labute approximate surface area is 219 Å². The van der Waals surface area contributed by atoms with Crippen LogP contribution >= 0.6 is 0 Å². The molecule has 5 rings (SSSR count). The molecule has 37 heavy (non-hydrogen) atoms. The summed E-state index contributed by atoms with van der Waals surface area (Å²) in [4.78, 5) is 7.01. The van der Waals surface area contributed by atoms with E-state index in [4.69, 9.17) is 14.2 Å². The number of aromatic nitrogens is 1. The second-order valence-corrected chi connectivity index (χ2v) is 9.34. The van der Waals surface area contributed by atoms with Gasteiger partial charge in [0.05, 0.1) is 32.4 Å². The van der Waals surface area contributed by atoms with Crippen molar-refractivity contribution < 1.29 is 14.2 Å². The van der Waals surface area contributed by atoms with Crippen molar-refractivity contribution in [1.29, 1.82) is 0 Å². The second kappa shape index (κ2) is 12.6. The maximum absolute atomic E-state index is 6.11. The predicted molar refractivity (Wildman–Crippen MR) is 149 cm³/mol. The maximum Gasteiger partial charge on any atom is 0.163 e. The molecule has 0 radical (unpaired) electrons. The molecule has 1 aromatic heterocycles. The van der Waals surface area contributed by atoms with E-state index < -0.39 is 0 Å². The number of rotatable bonds is 11. The average Bonchev–Trinajstić information content (AvgIpc) is 2.96. The summed E-state index contributed by atoms with van der Waals surface area (Å²) in [5.41, 5.74) is 5.58. The quantitative estimate of drug-likeness (QED) is 0.262. The monoisotopic (exact) mass is 497 g/mol. The number of aryl methyl sites for hydroxylation is 2. The molecule has 6 heteroatoms. The summed E-state index contributed by atoms with van der Waals surface area (Å²) >= 11 is 0. The van der Waals surface area contributed by atoms with Crippen LogP contribution in [0.2, 0.25) is 0 Å². The summed E-state index contributed by atoms with van der Waals surface area (Å²) in [6, 6.07) is 25.2. The fourth-order valence-electron chi connectivity index (χ4n) is 4.67. The Morgan fingerprint density at radius 2 is 1.65 bits per heavy atom. The number of nitrogens with one attached hydrogen (secondary N) is 1. The molecule has 0 aliphatic carbocycles. The van der Waals surface area contributed by atoms with Crippen LogP contribution in [0.1, 0.15) is 17.5 Å². The summed E-state index contributed by atoms with van der Waals surface area (Å²) in [5.74, 6) is 1.44. The molecular formula is C31H35N3O3. The number of benzene rings is 3. The van der Waals surface area contributed by atoms with E-state index in [9.17, 15) is 0 Å². The lowest BCUT2D eigenvalue weighted by atomic mass is 10.0. The van der Waals surface area contributed by atoms with E-state index in [-0.39, 0.29) is 0 Å². The number of fused-ring (bicyclic) bond motifs is 1. The van der Waals surface area contributed by atoms with Crippen LogP contribution in [0.15, 0.2) is 79.0 Å². The first-order valence-electron chi connectivity index (χ1n) is 13.1. The van der Waals surface area contributed by atoms with Gasteiger partial charge >= 0.3 is 0 Å². The molecular weight excluding hydrogens is 462 g/mol. The van der Waals surface area contributed by atoms with Crippen molar-refractivity contribution in [2.24, 2.45) is 0 Å². The third kappa shape index (κ3) is 6.79. The molecule has 2 heterocycles. The fraction of sp³-hybridized carbons (Fsp3) is 0.323. The van der Waals surface area contributed by atoms with Gasteiger partial charge in [-0.2, -0.15) is 0 Å². The molecule has 0 bridgehead atoms. The first-order valence-corrected chi connectivity index (χ1v) is 13.1. The summed E-state index contributed by atoms with van der Waals surface area (Å²) in [6.45, 7) is 5.27. The Hall–Kier alpha value is -3.61. The van der Waals surface area contributed by atoms with Crippen LogP contribution in [-0.2, 0) is 17.6 Å². The SMILES string of the molecule is COc1cc2c(Nc3ccc(CCc4ccccc4)cc3)ccnc2cc1OCCCN1CCOCC1. The van der Waals surface area contributed by atoms with Gasteiger partial charge in [-0.15, -0.1) is 0 Å². The van der Waals surface area contributed by atoms with Crippen LogP contribution in [0.3, 0.4) is 0 Å². The highest BCUT2D eigenvalue weighted by molar-refractivity contribution is 5.95. The Morgan fingerprint density at radius 3 is 2.41 bits per heavy atom. The highest BCUT2D eigenvalue weighted by Crippen LogP contribution is 2.35. The predicted octanol–water partition coefficient (Wildman–Crippen LogP) is 5.87. The van der Waals surface area contributed by atoms with Gasteiger partial charge in [-0.25, -0.2) is 0 Å². The molecule has 3 aromatic carbocycles. The molecule has 0 spiro atoms. The lowest BCUT2D eigenvalue weighted by Gasteiger charge is -2.26. The molecule has 1 aliphatic heterocycles. The number of hydrogen-bond donors (Lipinski definition) is 1. The first-order chi connectivity index (χ1) is 18.3. The number of hydrogen-bond acceptors (Lipinski definition) is 6. The van der Waals surface area contributed by atoms with E-state index in [0.717, 1.165) is 80.1 Å². The zero-order valence-corrected chi connectivity index (χ0v) is 21.5. The lowest BCUT2D eigenvalue weighted by molar-refractivity contribution is 0.0357. The highest BCUT2D eigenvalue weighted by atomic mass is 16.5. The smallest absolute Gasteiger partial charge is 0.163 e. The zero-order chi connectivity index (χ0) is 25.3. The van der Waals surface area contributed by atoms with Crippen LogP contribution in [0.5, 0.6) is 11.5 Å². The van der Waals surface area contributed by atoms with Gasteiger partial charge < -0.3 is 19.5 Å². The maximum atomic E-state index is 6.11. The van der Waals surface area contributed by atoms with E-state index in [0.29, 0.717) is 12.4 Å². The molecule has 1 fully saturated rings. The number of nitrogens with zero attached hydrogens (tertiary/aromatic N) is 2. The van der Waals surface area contributed by atoms with Gasteiger partial charge in [-0.05, 0) is 54.7 Å². The van der Waals surface area contributed by atoms with Crippen molar-refractivity contribution in [1.82, 2.24) is 9.88 Å². The van der Waals surface area contributed by atoms with Crippen LogP contribution in [0, 0.1) is 0 Å². The summed E-state index contributed by atoms with van der Waals surface area (Å²) in [7, 11) is 1.68. The minimum atomic E-state index is 0.633. The number of anilines is 2. The number of ether oxygens (including phenoxy) is 3. The Kier molecular flexibility index (Phi) is 8.51. The van der Waals surface area contributed by atoms with Crippen molar-refractivity contribution in [3.05, 3.63) is 90.1 Å². The minimum Gasteiger partial charge on any atom is -0.493 e. The number of morpholine rings is 1. The van der Waals surface area contributed by atoms with Gasteiger partial charge in [0.15, 0.2) is 11.5 Å². The largest absolute Gasteiger partial charge is 0.493 e. The molecule has 0 atom stereocenters. The summed E-state index contributed by atoms with van der Waals surface area (Å²) in [6.07, 6.45) is 4.85. The lowest BCUT2D eigenvalue weighted by Crippen LogP contribution is -2.37. The fourth-order valence-corrected chi connectivity index (χ4v) is 4.67. The third-order valence-corrected chi connectivity index (χ3v) is 6.79. The average molecular weight is 498 g/mol. The molecule has 1 aliphatic rings. The molecule has 192 valence electrons. The van der Waals surface area contributed by atoms with Crippen LogP contribution in [0.4, 0.5) is 11.4 Å². The van der Waals surface area contributed by atoms with Crippen LogP contribution in [0.25, 0.3) is 10.9 Å². The van der Waals surface area contributed by atoms with Gasteiger partial charge in [-0.1, -0.05) is 42.5 Å². The van der Waals surface area contributed by atoms with E-state index in [1.165, 1.54) is 11.1 Å². The normalized spacial score (nSPS) is 14.0. The van der Waals surface area contributed by atoms with Crippen molar-refractivity contribution in [2.45, 2.75) is 19.3 Å². The topological polar surface area (TPSA) is 55.8 Å². The summed E-state index contributed by atoms with van der Waals surface area (Å²) < 4.78 is 17.2. The Balaban J connectivity index is 1.22. The summed E-state index contributed by atoms with van der Waals surface area (Å²) in [5, 5.41) is 4.55.